The number of aromatic nitrogens is 3. The molecule has 1 N–H and O–H groups in total. The molecule has 3 rings (SSSR count). The Hall–Kier alpha value is -2.31. The molecule has 2 aromatic heterocycles. The number of rotatable bonds is 2. The summed E-state index contributed by atoms with van der Waals surface area (Å²) in [6.45, 7) is 1.91. The fourth-order valence-corrected chi connectivity index (χ4v) is 1.99. The van der Waals surface area contributed by atoms with Crippen LogP contribution in [0.25, 0.3) is 0 Å². The normalized spacial score (nSPS) is 14.7. The second kappa shape index (κ2) is 3.62. The summed E-state index contributed by atoms with van der Waals surface area (Å²) in [5.41, 5.74) is 0.800. The topological polar surface area (TPSA) is 84.4 Å². The number of hydrogen-bond donors (Lipinski definition) is 1. The molecule has 0 aliphatic carbocycles. The van der Waals surface area contributed by atoms with Gasteiger partial charge in [0.1, 0.15) is 0 Å². The van der Waals surface area contributed by atoms with E-state index in [1.54, 1.807) is 12.5 Å². The van der Waals surface area contributed by atoms with Gasteiger partial charge < -0.3 is 19.0 Å². The van der Waals surface area contributed by atoms with Gasteiger partial charge in [-0.05, 0) is 0 Å². The lowest BCUT2D eigenvalue weighted by molar-refractivity contribution is 0.0689. The molecule has 0 saturated carbocycles. The van der Waals surface area contributed by atoms with Gasteiger partial charge in [0, 0.05) is 13.1 Å². The van der Waals surface area contributed by atoms with E-state index in [2.05, 4.69) is 9.97 Å². The maximum Gasteiger partial charge on any atom is 0.356 e. The zero-order valence-corrected chi connectivity index (χ0v) is 8.91. The first kappa shape index (κ1) is 9.88. The minimum absolute atomic E-state index is 0.106. The fraction of sp³-hybridized carbons (Fsp3) is 0.300. The number of nitrogens with zero attached hydrogens (tertiary/aromatic N) is 4. The first-order valence-electron chi connectivity index (χ1n) is 5.16. The summed E-state index contributed by atoms with van der Waals surface area (Å²) in [6, 6.07) is 0. The summed E-state index contributed by atoms with van der Waals surface area (Å²) in [7, 11) is 0. The molecule has 0 aromatic carbocycles. The van der Waals surface area contributed by atoms with Crippen molar-refractivity contribution in [1.29, 1.82) is 0 Å². The molecule has 0 fully saturated rings. The van der Waals surface area contributed by atoms with Crippen LogP contribution in [0.3, 0.4) is 0 Å². The lowest BCUT2D eigenvalue weighted by Gasteiger charge is -2.27. The molecule has 0 radical (unpaired) electrons. The van der Waals surface area contributed by atoms with Crippen LogP contribution in [0.1, 0.15) is 16.2 Å². The standard InChI is InChI=1S/C10H10N4O3/c15-10(16)9-7-4-13(8-3-11-6-17-8)1-2-14(7)5-12-9/h3,5-6H,1-2,4H2,(H,15,16). The molecule has 88 valence electrons. The van der Waals surface area contributed by atoms with Crippen LogP contribution in [0.5, 0.6) is 0 Å². The number of oxazole rings is 1. The predicted octanol–water partition coefficient (Wildman–Crippen LogP) is 0.590. The maximum absolute atomic E-state index is 11.0. The molecule has 0 unspecified atom stereocenters. The Bertz CT molecular complexity index is 546. The van der Waals surface area contributed by atoms with E-state index in [4.69, 9.17) is 9.52 Å². The summed E-state index contributed by atoms with van der Waals surface area (Å²) in [5, 5.41) is 9.02. The fourth-order valence-electron chi connectivity index (χ4n) is 1.99. The van der Waals surface area contributed by atoms with Crippen molar-refractivity contribution in [3.63, 3.8) is 0 Å². The van der Waals surface area contributed by atoms with Gasteiger partial charge in [0.25, 0.3) is 0 Å². The Morgan fingerprint density at radius 3 is 3.06 bits per heavy atom. The molecular formula is C10H10N4O3. The molecule has 3 heterocycles. The summed E-state index contributed by atoms with van der Waals surface area (Å²) in [5.74, 6) is -0.355. The first-order valence-corrected chi connectivity index (χ1v) is 5.16. The van der Waals surface area contributed by atoms with Crippen molar-refractivity contribution < 1.29 is 14.3 Å². The highest BCUT2D eigenvalue weighted by Crippen LogP contribution is 2.22. The molecule has 0 saturated heterocycles. The third-order valence-electron chi connectivity index (χ3n) is 2.83. The third-order valence-corrected chi connectivity index (χ3v) is 2.83. The minimum atomic E-state index is -1.00. The molecule has 0 atom stereocenters. The number of fused-ring (bicyclic) bond motifs is 1. The number of aromatic carboxylic acids is 1. The smallest absolute Gasteiger partial charge is 0.356 e. The van der Waals surface area contributed by atoms with E-state index >= 15 is 0 Å². The van der Waals surface area contributed by atoms with Crippen LogP contribution in [-0.4, -0.2) is 32.2 Å². The second-order valence-electron chi connectivity index (χ2n) is 3.80. The van der Waals surface area contributed by atoms with Gasteiger partial charge in [-0.15, -0.1) is 0 Å². The van der Waals surface area contributed by atoms with Gasteiger partial charge in [-0.2, -0.15) is 0 Å². The van der Waals surface area contributed by atoms with Crippen LogP contribution in [0.15, 0.2) is 23.3 Å². The van der Waals surface area contributed by atoms with Crippen molar-refractivity contribution in [2.24, 2.45) is 0 Å². The number of carboxylic acid groups (broad SMARTS) is 1. The second-order valence-corrected chi connectivity index (χ2v) is 3.80. The van der Waals surface area contributed by atoms with Crippen molar-refractivity contribution in [2.45, 2.75) is 13.1 Å². The highest BCUT2D eigenvalue weighted by atomic mass is 16.4. The van der Waals surface area contributed by atoms with Crippen molar-refractivity contribution in [3.8, 4) is 0 Å². The van der Waals surface area contributed by atoms with Gasteiger partial charge in [-0.3, -0.25) is 0 Å². The Balaban J connectivity index is 1.94. The molecule has 1 aliphatic rings. The lowest BCUT2D eigenvalue weighted by Crippen LogP contribution is -2.33. The Labute approximate surface area is 96.3 Å². The third kappa shape index (κ3) is 1.55. The van der Waals surface area contributed by atoms with E-state index in [-0.39, 0.29) is 5.69 Å². The van der Waals surface area contributed by atoms with Crippen molar-refractivity contribution in [1.82, 2.24) is 14.5 Å². The SMILES string of the molecule is O=C(O)c1ncn2c1CN(c1cnco1)CC2. The van der Waals surface area contributed by atoms with Gasteiger partial charge >= 0.3 is 5.97 Å². The highest BCUT2D eigenvalue weighted by Gasteiger charge is 2.24. The Kier molecular flexibility index (Phi) is 2.10. The van der Waals surface area contributed by atoms with E-state index < -0.39 is 5.97 Å². The maximum atomic E-state index is 11.0. The van der Waals surface area contributed by atoms with E-state index in [0.717, 1.165) is 6.54 Å². The van der Waals surface area contributed by atoms with Crippen molar-refractivity contribution in [3.05, 3.63) is 30.3 Å². The zero-order valence-electron chi connectivity index (χ0n) is 8.91. The summed E-state index contributed by atoms with van der Waals surface area (Å²) in [4.78, 5) is 20.7. The molecule has 1 aliphatic heterocycles. The van der Waals surface area contributed by atoms with Crippen LogP contribution in [-0.2, 0) is 13.1 Å². The first-order chi connectivity index (χ1) is 8.25. The number of carboxylic acids is 1. The van der Waals surface area contributed by atoms with Crippen LogP contribution >= 0.6 is 0 Å². The molecule has 2 aromatic rings. The largest absolute Gasteiger partial charge is 0.476 e. The number of anilines is 1. The molecule has 0 amide bonds. The quantitative estimate of drug-likeness (QED) is 0.818. The summed E-state index contributed by atoms with van der Waals surface area (Å²) < 4.78 is 7.06. The average Bonchev–Trinajstić information content (AvgIpc) is 2.97. The summed E-state index contributed by atoms with van der Waals surface area (Å²) in [6.07, 6.45) is 4.54. The van der Waals surface area contributed by atoms with Crippen LogP contribution in [0.4, 0.5) is 5.88 Å². The van der Waals surface area contributed by atoms with E-state index in [9.17, 15) is 4.79 Å². The van der Waals surface area contributed by atoms with Crippen LogP contribution in [0, 0.1) is 0 Å². The predicted molar refractivity (Wildman–Crippen MR) is 56.7 cm³/mol. The van der Waals surface area contributed by atoms with Crippen LogP contribution < -0.4 is 4.90 Å². The molecule has 0 spiro atoms. The molecular weight excluding hydrogens is 224 g/mol. The van der Waals surface area contributed by atoms with Crippen LogP contribution in [0.2, 0.25) is 0 Å². The van der Waals surface area contributed by atoms with Gasteiger partial charge in [0.2, 0.25) is 5.88 Å². The molecule has 0 bridgehead atoms. The van der Waals surface area contributed by atoms with Gasteiger partial charge in [-0.25, -0.2) is 14.8 Å². The van der Waals surface area contributed by atoms with E-state index in [0.29, 0.717) is 24.7 Å². The van der Waals surface area contributed by atoms with Gasteiger partial charge in [0.15, 0.2) is 12.1 Å². The molecule has 17 heavy (non-hydrogen) atoms. The number of imidazole rings is 1. The van der Waals surface area contributed by atoms with E-state index in [1.165, 1.54) is 6.39 Å². The highest BCUT2D eigenvalue weighted by molar-refractivity contribution is 5.86. The van der Waals surface area contributed by atoms with Gasteiger partial charge in [0.05, 0.1) is 24.8 Å². The monoisotopic (exact) mass is 234 g/mol. The minimum Gasteiger partial charge on any atom is -0.476 e. The van der Waals surface area contributed by atoms with E-state index in [1.807, 2.05) is 9.47 Å². The van der Waals surface area contributed by atoms with Gasteiger partial charge in [-0.1, -0.05) is 0 Å². The lowest BCUT2D eigenvalue weighted by atomic mass is 10.2. The van der Waals surface area contributed by atoms with Crippen molar-refractivity contribution in [2.75, 3.05) is 11.4 Å². The number of hydrogen-bond acceptors (Lipinski definition) is 5. The zero-order chi connectivity index (χ0) is 11.8. The Morgan fingerprint density at radius 2 is 2.35 bits per heavy atom. The molecule has 7 heteroatoms. The Morgan fingerprint density at radius 1 is 1.47 bits per heavy atom. The average molecular weight is 234 g/mol. The number of carbonyl (C=O) groups is 1. The molecule has 7 nitrogen and oxygen atoms in total. The summed E-state index contributed by atoms with van der Waals surface area (Å²) >= 11 is 0. The van der Waals surface area contributed by atoms with Crippen molar-refractivity contribution >= 4 is 11.9 Å².